The summed E-state index contributed by atoms with van der Waals surface area (Å²) in [5.41, 5.74) is 1.32. The third-order valence-corrected chi connectivity index (χ3v) is 5.16. The SMILES string of the molecule is Cc1ccccc1C(=O)O[C@@H](CNC(C)(C)C)COc1nsnc1N1CCOCC1. The summed E-state index contributed by atoms with van der Waals surface area (Å²) in [6.07, 6.45) is -0.476. The summed E-state index contributed by atoms with van der Waals surface area (Å²) in [5.74, 6) is 0.827. The Morgan fingerprint density at radius 2 is 2.00 bits per heavy atom. The summed E-state index contributed by atoms with van der Waals surface area (Å²) in [5, 5.41) is 3.38. The molecule has 2 aromatic rings. The first-order valence-corrected chi connectivity index (χ1v) is 10.9. The van der Waals surface area contributed by atoms with Crippen molar-refractivity contribution in [3.8, 4) is 5.88 Å². The molecule has 8 nitrogen and oxygen atoms in total. The van der Waals surface area contributed by atoms with Crippen LogP contribution in [0.5, 0.6) is 5.88 Å². The van der Waals surface area contributed by atoms with Crippen LogP contribution < -0.4 is 15.0 Å². The number of carbonyl (C=O) groups is 1. The molecule has 1 aliphatic heterocycles. The topological polar surface area (TPSA) is 85.8 Å². The Balaban J connectivity index is 1.66. The molecule has 1 aromatic heterocycles. The van der Waals surface area contributed by atoms with Crippen molar-refractivity contribution in [2.45, 2.75) is 39.3 Å². The molecule has 1 saturated heterocycles. The summed E-state index contributed by atoms with van der Waals surface area (Å²) in [6, 6.07) is 7.40. The lowest BCUT2D eigenvalue weighted by Crippen LogP contribution is -2.44. The second-order valence-electron chi connectivity index (χ2n) is 8.28. The summed E-state index contributed by atoms with van der Waals surface area (Å²) in [4.78, 5) is 14.8. The van der Waals surface area contributed by atoms with E-state index in [9.17, 15) is 4.79 Å². The van der Waals surface area contributed by atoms with Gasteiger partial charge < -0.3 is 24.4 Å². The van der Waals surface area contributed by atoms with E-state index < -0.39 is 6.10 Å². The lowest BCUT2D eigenvalue weighted by molar-refractivity contribution is 0.0156. The fourth-order valence-electron chi connectivity index (χ4n) is 2.98. The number of carbonyl (C=O) groups excluding carboxylic acids is 1. The average molecular weight is 435 g/mol. The minimum Gasteiger partial charge on any atom is -0.470 e. The largest absolute Gasteiger partial charge is 0.470 e. The van der Waals surface area contributed by atoms with Crippen LogP contribution in [0.2, 0.25) is 0 Å². The standard InChI is InChI=1S/C21H30N4O4S/c1-15-7-5-6-8-17(15)20(26)29-16(13-22-21(2,3)4)14-28-19-18(23-30-24-19)25-9-11-27-12-10-25/h5-8,16,22H,9-14H2,1-4H3/t16-/m0/s1. The molecular weight excluding hydrogens is 404 g/mol. The van der Waals surface area contributed by atoms with Gasteiger partial charge in [-0.25, -0.2) is 4.79 Å². The highest BCUT2D eigenvalue weighted by Gasteiger charge is 2.24. The second-order valence-corrected chi connectivity index (χ2v) is 8.80. The molecule has 0 radical (unpaired) electrons. The maximum Gasteiger partial charge on any atom is 0.338 e. The highest BCUT2D eigenvalue weighted by molar-refractivity contribution is 6.99. The molecule has 1 aliphatic rings. The smallest absolute Gasteiger partial charge is 0.338 e. The highest BCUT2D eigenvalue weighted by Crippen LogP contribution is 2.26. The Kier molecular flexibility index (Phi) is 7.63. The van der Waals surface area contributed by atoms with Gasteiger partial charge in [-0.1, -0.05) is 18.2 Å². The van der Waals surface area contributed by atoms with Gasteiger partial charge >= 0.3 is 5.97 Å². The quantitative estimate of drug-likeness (QED) is 0.635. The number of benzene rings is 1. The van der Waals surface area contributed by atoms with Crippen LogP contribution in [-0.4, -0.2) is 65.8 Å². The van der Waals surface area contributed by atoms with Gasteiger partial charge in [0.25, 0.3) is 5.88 Å². The van der Waals surface area contributed by atoms with Gasteiger partial charge in [0.15, 0.2) is 0 Å². The van der Waals surface area contributed by atoms with Crippen molar-refractivity contribution in [1.29, 1.82) is 0 Å². The number of hydrogen-bond acceptors (Lipinski definition) is 9. The normalized spacial score (nSPS) is 15.7. The van der Waals surface area contributed by atoms with Crippen LogP contribution in [0.25, 0.3) is 0 Å². The number of aryl methyl sites for hydroxylation is 1. The number of aromatic nitrogens is 2. The third kappa shape index (κ3) is 6.38. The Morgan fingerprint density at radius 3 is 2.70 bits per heavy atom. The maximum atomic E-state index is 12.7. The van der Waals surface area contributed by atoms with Gasteiger partial charge in [-0.2, -0.15) is 4.37 Å². The fourth-order valence-corrected chi connectivity index (χ4v) is 3.50. The summed E-state index contributed by atoms with van der Waals surface area (Å²) in [7, 11) is 0. The van der Waals surface area contributed by atoms with E-state index in [1.165, 1.54) is 0 Å². The van der Waals surface area contributed by atoms with Gasteiger partial charge in [-0.05, 0) is 39.3 Å². The van der Waals surface area contributed by atoms with Crippen LogP contribution in [0, 0.1) is 6.92 Å². The molecule has 30 heavy (non-hydrogen) atoms. The van der Waals surface area contributed by atoms with Crippen LogP contribution in [0.1, 0.15) is 36.7 Å². The molecule has 164 valence electrons. The lowest BCUT2D eigenvalue weighted by atomic mass is 10.1. The molecule has 1 N–H and O–H groups in total. The van der Waals surface area contributed by atoms with Crippen molar-refractivity contribution in [1.82, 2.24) is 14.1 Å². The van der Waals surface area contributed by atoms with Gasteiger partial charge in [0.2, 0.25) is 5.82 Å². The van der Waals surface area contributed by atoms with Gasteiger partial charge in [-0.15, -0.1) is 4.37 Å². The van der Waals surface area contributed by atoms with Crippen molar-refractivity contribution < 1.29 is 19.0 Å². The molecule has 0 amide bonds. The first kappa shape index (κ1) is 22.5. The molecule has 1 fully saturated rings. The number of hydrogen-bond donors (Lipinski definition) is 1. The number of nitrogens with one attached hydrogen (secondary N) is 1. The second kappa shape index (κ2) is 10.2. The lowest BCUT2D eigenvalue weighted by Gasteiger charge is -2.27. The minimum atomic E-state index is -0.476. The number of anilines is 1. The van der Waals surface area contributed by atoms with Gasteiger partial charge in [0, 0.05) is 25.2 Å². The Labute approximate surface area is 181 Å². The minimum absolute atomic E-state index is 0.117. The molecule has 0 spiro atoms. The maximum absolute atomic E-state index is 12.7. The van der Waals surface area contributed by atoms with Crippen molar-refractivity contribution in [3.05, 3.63) is 35.4 Å². The Hall–Kier alpha value is -2.23. The molecule has 0 aliphatic carbocycles. The van der Waals surface area contributed by atoms with Crippen LogP contribution >= 0.6 is 11.7 Å². The number of esters is 1. The molecule has 2 heterocycles. The van der Waals surface area contributed by atoms with Crippen LogP contribution in [0.4, 0.5) is 5.82 Å². The molecule has 0 bridgehead atoms. The van der Waals surface area contributed by atoms with E-state index in [-0.39, 0.29) is 18.1 Å². The number of rotatable bonds is 8. The predicted octanol–water partition coefficient (Wildman–Crippen LogP) is 2.68. The predicted molar refractivity (Wildman–Crippen MR) is 117 cm³/mol. The molecule has 9 heteroatoms. The molecule has 0 unspecified atom stereocenters. The average Bonchev–Trinajstić information content (AvgIpc) is 3.19. The first-order chi connectivity index (χ1) is 14.3. The van der Waals surface area contributed by atoms with Crippen LogP contribution in [0.15, 0.2) is 24.3 Å². The van der Waals surface area contributed by atoms with Crippen molar-refractivity contribution >= 4 is 23.5 Å². The number of morpholine rings is 1. The molecule has 0 saturated carbocycles. The number of ether oxygens (including phenoxy) is 3. The van der Waals surface area contributed by atoms with E-state index in [0.717, 1.165) is 36.2 Å². The van der Waals surface area contributed by atoms with Gasteiger partial charge in [0.1, 0.15) is 12.7 Å². The Morgan fingerprint density at radius 1 is 1.27 bits per heavy atom. The van der Waals surface area contributed by atoms with E-state index in [1.54, 1.807) is 6.07 Å². The van der Waals surface area contributed by atoms with E-state index in [1.807, 2.05) is 25.1 Å². The third-order valence-electron chi connectivity index (χ3n) is 4.66. The summed E-state index contributed by atoms with van der Waals surface area (Å²) < 4.78 is 25.8. The summed E-state index contributed by atoms with van der Waals surface area (Å²) >= 11 is 1.11. The molecule has 1 atom stereocenters. The fraction of sp³-hybridized carbons (Fsp3) is 0.571. The van der Waals surface area contributed by atoms with Crippen LogP contribution in [-0.2, 0) is 9.47 Å². The van der Waals surface area contributed by atoms with Gasteiger partial charge in [-0.3, -0.25) is 0 Å². The zero-order valence-electron chi connectivity index (χ0n) is 18.0. The molecule has 1 aromatic carbocycles. The van der Waals surface area contributed by atoms with Crippen molar-refractivity contribution in [2.24, 2.45) is 0 Å². The van der Waals surface area contributed by atoms with E-state index in [2.05, 4.69) is 39.7 Å². The van der Waals surface area contributed by atoms with Crippen molar-refractivity contribution in [3.63, 3.8) is 0 Å². The highest BCUT2D eigenvalue weighted by atomic mass is 32.1. The van der Waals surface area contributed by atoms with Crippen LogP contribution in [0.3, 0.4) is 0 Å². The van der Waals surface area contributed by atoms with E-state index >= 15 is 0 Å². The number of nitrogens with zero attached hydrogens (tertiary/aromatic N) is 3. The van der Waals surface area contributed by atoms with Gasteiger partial charge in [0.05, 0.1) is 30.5 Å². The summed E-state index contributed by atoms with van der Waals surface area (Å²) in [6.45, 7) is 11.5. The molecule has 3 rings (SSSR count). The molecular formula is C21H30N4O4S. The van der Waals surface area contributed by atoms with E-state index in [0.29, 0.717) is 31.2 Å². The monoisotopic (exact) mass is 434 g/mol. The Bertz CT molecular complexity index is 830. The zero-order valence-corrected chi connectivity index (χ0v) is 18.8. The van der Waals surface area contributed by atoms with E-state index in [4.69, 9.17) is 14.2 Å². The zero-order chi connectivity index (χ0) is 21.6. The first-order valence-electron chi connectivity index (χ1n) is 10.1. The van der Waals surface area contributed by atoms with Crippen molar-refractivity contribution in [2.75, 3.05) is 44.4 Å².